The van der Waals surface area contributed by atoms with Crippen molar-refractivity contribution in [3.05, 3.63) is 111 Å². The molecule has 3 aromatic carbocycles. The second-order valence-corrected chi connectivity index (χ2v) is 9.36. The minimum absolute atomic E-state index is 0.253. The van der Waals surface area contributed by atoms with Crippen LogP contribution < -0.4 is 5.56 Å². The molecule has 162 valence electrons. The molecule has 5 nitrogen and oxygen atoms in total. The van der Waals surface area contributed by atoms with E-state index in [4.69, 9.17) is 21.0 Å². The van der Waals surface area contributed by atoms with Gasteiger partial charge in [-0.25, -0.2) is 4.98 Å². The van der Waals surface area contributed by atoms with Crippen molar-refractivity contribution in [3.8, 4) is 11.4 Å². The van der Waals surface area contributed by atoms with Crippen LogP contribution in [0.2, 0.25) is 5.02 Å². The average Bonchev–Trinajstić information content (AvgIpc) is 3.19. The molecular weight excluding hydrogens is 522 g/mol. The van der Waals surface area contributed by atoms with Gasteiger partial charge in [0, 0.05) is 21.5 Å². The van der Waals surface area contributed by atoms with Gasteiger partial charge in [-0.1, -0.05) is 65.8 Å². The van der Waals surface area contributed by atoms with Crippen LogP contribution in [0.1, 0.15) is 5.76 Å². The Morgan fingerprint density at radius 3 is 2.52 bits per heavy atom. The van der Waals surface area contributed by atoms with E-state index in [1.165, 1.54) is 22.7 Å². The van der Waals surface area contributed by atoms with Crippen molar-refractivity contribution >= 4 is 56.4 Å². The zero-order chi connectivity index (χ0) is 22.8. The molecule has 0 aliphatic rings. The van der Waals surface area contributed by atoms with Gasteiger partial charge in [0.25, 0.3) is 5.56 Å². The van der Waals surface area contributed by atoms with Gasteiger partial charge in [0.1, 0.15) is 5.76 Å². The van der Waals surface area contributed by atoms with E-state index < -0.39 is 0 Å². The molecule has 0 atom stereocenters. The van der Waals surface area contributed by atoms with Gasteiger partial charge in [-0.3, -0.25) is 4.79 Å². The average molecular weight is 537 g/mol. The standard InChI is InChI=1S/C25H15BrClN3O2S/c26-21-14-18(32-25(21)33-19-12-10-17(27)11-13-19)15-28-30-23(16-6-2-1-3-7-16)29-22-9-5-4-8-20(22)24(30)31/h1-15H. The lowest BCUT2D eigenvalue weighted by Crippen LogP contribution is -2.20. The molecule has 0 saturated carbocycles. The van der Waals surface area contributed by atoms with E-state index in [1.807, 2.05) is 78.9 Å². The molecule has 0 aliphatic heterocycles. The lowest BCUT2D eigenvalue weighted by Gasteiger charge is -2.09. The van der Waals surface area contributed by atoms with E-state index in [-0.39, 0.29) is 5.56 Å². The summed E-state index contributed by atoms with van der Waals surface area (Å²) in [6, 6.07) is 26.0. The smallest absolute Gasteiger partial charge is 0.282 e. The van der Waals surface area contributed by atoms with Crippen molar-refractivity contribution in [2.24, 2.45) is 5.10 Å². The van der Waals surface area contributed by atoms with Crippen LogP contribution >= 0.6 is 39.3 Å². The van der Waals surface area contributed by atoms with Gasteiger partial charge in [0.05, 0.1) is 21.6 Å². The van der Waals surface area contributed by atoms with Crippen LogP contribution in [0, 0.1) is 0 Å². The molecule has 5 aromatic rings. The van der Waals surface area contributed by atoms with Crippen LogP contribution in [0.4, 0.5) is 0 Å². The van der Waals surface area contributed by atoms with Crippen molar-refractivity contribution in [1.82, 2.24) is 9.66 Å². The van der Waals surface area contributed by atoms with Gasteiger partial charge in [0.15, 0.2) is 10.9 Å². The third-order valence-corrected chi connectivity index (χ3v) is 6.88. The summed E-state index contributed by atoms with van der Waals surface area (Å²) in [6.07, 6.45) is 1.51. The van der Waals surface area contributed by atoms with Crippen LogP contribution in [0.25, 0.3) is 22.3 Å². The van der Waals surface area contributed by atoms with E-state index in [1.54, 1.807) is 6.07 Å². The highest BCUT2D eigenvalue weighted by atomic mass is 79.9. The Labute approximate surface area is 206 Å². The highest BCUT2D eigenvalue weighted by Gasteiger charge is 2.13. The maximum atomic E-state index is 13.2. The van der Waals surface area contributed by atoms with Gasteiger partial charge < -0.3 is 4.42 Å². The van der Waals surface area contributed by atoms with Crippen LogP contribution in [0.5, 0.6) is 0 Å². The van der Waals surface area contributed by atoms with Gasteiger partial charge in [-0.05, 0) is 52.3 Å². The van der Waals surface area contributed by atoms with E-state index in [2.05, 4.69) is 21.0 Å². The zero-order valence-corrected chi connectivity index (χ0v) is 20.1. The van der Waals surface area contributed by atoms with E-state index in [0.717, 1.165) is 14.9 Å². The first-order valence-electron chi connectivity index (χ1n) is 9.93. The number of para-hydroxylation sites is 1. The summed E-state index contributed by atoms with van der Waals surface area (Å²) >= 11 is 10.9. The maximum absolute atomic E-state index is 13.2. The number of nitrogens with zero attached hydrogens (tertiary/aromatic N) is 3. The third-order valence-electron chi connectivity index (χ3n) is 4.78. The Morgan fingerprint density at radius 1 is 1.00 bits per heavy atom. The predicted molar refractivity (Wildman–Crippen MR) is 136 cm³/mol. The van der Waals surface area contributed by atoms with Crippen molar-refractivity contribution in [2.45, 2.75) is 9.99 Å². The summed E-state index contributed by atoms with van der Waals surface area (Å²) in [6.45, 7) is 0. The maximum Gasteiger partial charge on any atom is 0.282 e. The second kappa shape index (κ2) is 9.39. The van der Waals surface area contributed by atoms with E-state index in [0.29, 0.717) is 32.6 Å². The Morgan fingerprint density at radius 2 is 1.73 bits per heavy atom. The molecule has 33 heavy (non-hydrogen) atoms. The number of benzene rings is 3. The first kappa shape index (κ1) is 21.7. The van der Waals surface area contributed by atoms with Crippen LogP contribution in [0.3, 0.4) is 0 Å². The first-order chi connectivity index (χ1) is 16.1. The molecule has 0 aliphatic carbocycles. The highest BCUT2D eigenvalue weighted by molar-refractivity contribution is 9.10. The largest absolute Gasteiger partial charge is 0.447 e. The minimum atomic E-state index is -0.253. The molecule has 0 unspecified atom stereocenters. The van der Waals surface area contributed by atoms with Gasteiger partial charge >= 0.3 is 0 Å². The normalized spacial score (nSPS) is 11.5. The fourth-order valence-corrected chi connectivity index (χ4v) is 4.69. The van der Waals surface area contributed by atoms with E-state index in [9.17, 15) is 4.79 Å². The van der Waals surface area contributed by atoms with Crippen molar-refractivity contribution in [1.29, 1.82) is 0 Å². The molecule has 0 radical (unpaired) electrons. The highest BCUT2D eigenvalue weighted by Crippen LogP contribution is 2.36. The fraction of sp³-hybridized carbons (Fsp3) is 0. The SMILES string of the molecule is O=c1c2ccccc2nc(-c2ccccc2)n1N=Cc1cc(Br)c(Sc2ccc(Cl)cc2)o1. The monoisotopic (exact) mass is 535 g/mol. The van der Waals surface area contributed by atoms with E-state index >= 15 is 0 Å². The molecule has 0 fully saturated rings. The second-order valence-electron chi connectivity index (χ2n) is 7.02. The number of hydrogen-bond acceptors (Lipinski definition) is 5. The summed E-state index contributed by atoms with van der Waals surface area (Å²) < 4.78 is 8.04. The molecule has 0 bridgehead atoms. The Balaban J connectivity index is 1.54. The first-order valence-corrected chi connectivity index (χ1v) is 11.9. The summed E-state index contributed by atoms with van der Waals surface area (Å²) in [4.78, 5) is 18.9. The molecule has 2 aromatic heterocycles. The topological polar surface area (TPSA) is 60.4 Å². The Kier molecular flexibility index (Phi) is 6.17. The fourth-order valence-electron chi connectivity index (χ4n) is 3.23. The van der Waals surface area contributed by atoms with Gasteiger partial charge in [0.2, 0.25) is 0 Å². The predicted octanol–water partition coefficient (Wildman–Crippen LogP) is 7.11. The summed E-state index contributed by atoms with van der Waals surface area (Å²) in [5.74, 6) is 0.953. The molecule has 5 rings (SSSR count). The minimum Gasteiger partial charge on any atom is -0.447 e. The summed E-state index contributed by atoms with van der Waals surface area (Å²) in [5, 5.41) is 6.29. The van der Waals surface area contributed by atoms with Crippen LogP contribution in [-0.4, -0.2) is 15.9 Å². The molecule has 2 heterocycles. The Hall–Kier alpha value is -3.13. The third kappa shape index (κ3) is 4.66. The van der Waals surface area contributed by atoms with Crippen LogP contribution in [0.15, 0.2) is 114 Å². The number of furan rings is 1. The zero-order valence-electron chi connectivity index (χ0n) is 17.0. The lowest BCUT2D eigenvalue weighted by atomic mass is 10.2. The van der Waals surface area contributed by atoms with Gasteiger partial charge in [-0.15, -0.1) is 0 Å². The summed E-state index contributed by atoms with van der Waals surface area (Å²) in [7, 11) is 0. The van der Waals surface area contributed by atoms with Crippen molar-refractivity contribution in [3.63, 3.8) is 0 Å². The number of aromatic nitrogens is 2. The quantitative estimate of drug-likeness (QED) is 0.225. The molecule has 0 saturated heterocycles. The number of fused-ring (bicyclic) bond motifs is 1. The van der Waals surface area contributed by atoms with Crippen molar-refractivity contribution in [2.75, 3.05) is 0 Å². The number of rotatable bonds is 5. The summed E-state index contributed by atoms with van der Waals surface area (Å²) in [5.41, 5.74) is 1.16. The lowest BCUT2D eigenvalue weighted by molar-refractivity contribution is 0.465. The molecule has 8 heteroatoms. The number of halogens is 2. The molecule has 0 spiro atoms. The van der Waals surface area contributed by atoms with Gasteiger partial charge in [-0.2, -0.15) is 9.78 Å². The molecule has 0 amide bonds. The van der Waals surface area contributed by atoms with Crippen LogP contribution in [-0.2, 0) is 0 Å². The van der Waals surface area contributed by atoms with Crippen molar-refractivity contribution < 1.29 is 4.42 Å². The molecule has 0 N–H and O–H groups in total. The molecular formula is C25H15BrClN3O2S. The number of hydrogen-bond donors (Lipinski definition) is 0. The Bertz CT molecular complexity index is 1530.